The van der Waals surface area contributed by atoms with Gasteiger partial charge in [-0.2, -0.15) is 0 Å². The van der Waals surface area contributed by atoms with Crippen LogP contribution in [0.4, 0.5) is 4.79 Å². The van der Waals surface area contributed by atoms with Gasteiger partial charge >= 0.3 is 6.03 Å². The van der Waals surface area contributed by atoms with Crippen molar-refractivity contribution in [2.75, 3.05) is 33.8 Å². The summed E-state index contributed by atoms with van der Waals surface area (Å²) in [5.74, 6) is 1.68. The molecule has 0 saturated carbocycles. The Morgan fingerprint density at radius 3 is 2.60 bits per heavy atom. The van der Waals surface area contributed by atoms with Gasteiger partial charge in [0.05, 0.1) is 18.9 Å². The van der Waals surface area contributed by atoms with Crippen LogP contribution in [0.5, 0.6) is 5.75 Å². The van der Waals surface area contributed by atoms with Gasteiger partial charge in [0.1, 0.15) is 11.5 Å². The lowest BCUT2D eigenvalue weighted by atomic mass is 10.2. The number of rotatable bonds is 9. The highest BCUT2D eigenvalue weighted by Gasteiger charge is 2.17. The fourth-order valence-corrected chi connectivity index (χ4v) is 2.37. The Bertz CT molecular complexity index is 624. The summed E-state index contributed by atoms with van der Waals surface area (Å²) in [6, 6.07) is 11.5. The smallest absolute Gasteiger partial charge is 0.314 e. The Balaban J connectivity index is 1.61. The van der Waals surface area contributed by atoms with Gasteiger partial charge in [-0.1, -0.05) is 17.7 Å². The van der Waals surface area contributed by atoms with Gasteiger partial charge in [0.15, 0.2) is 0 Å². The van der Waals surface area contributed by atoms with E-state index in [0.29, 0.717) is 19.7 Å². The molecule has 1 atom stereocenters. The fourth-order valence-electron chi connectivity index (χ4n) is 2.37. The maximum Gasteiger partial charge on any atom is 0.314 e. The number of urea groups is 1. The fraction of sp³-hybridized carbons (Fsp3) is 0.421. The summed E-state index contributed by atoms with van der Waals surface area (Å²) in [6.07, 6.45) is 2.39. The van der Waals surface area contributed by atoms with Crippen LogP contribution in [0, 0.1) is 6.92 Å². The summed E-state index contributed by atoms with van der Waals surface area (Å²) in [5, 5.41) is 5.71. The van der Waals surface area contributed by atoms with Gasteiger partial charge in [0, 0.05) is 13.1 Å². The van der Waals surface area contributed by atoms with Crippen LogP contribution in [0.3, 0.4) is 0 Å². The van der Waals surface area contributed by atoms with Crippen molar-refractivity contribution in [1.82, 2.24) is 15.5 Å². The van der Waals surface area contributed by atoms with Crippen LogP contribution in [-0.4, -0.2) is 44.7 Å². The molecule has 0 unspecified atom stereocenters. The average Bonchev–Trinajstić information content (AvgIpc) is 3.10. The van der Waals surface area contributed by atoms with E-state index >= 15 is 0 Å². The topological polar surface area (TPSA) is 66.7 Å². The molecule has 0 aliphatic rings. The lowest BCUT2D eigenvalue weighted by Crippen LogP contribution is -2.41. The van der Waals surface area contributed by atoms with Gasteiger partial charge in [-0.05, 0) is 51.7 Å². The molecular formula is C19H27N3O3. The number of nitrogens with one attached hydrogen (secondary N) is 2. The van der Waals surface area contributed by atoms with Crippen LogP contribution in [-0.2, 0) is 0 Å². The molecular weight excluding hydrogens is 318 g/mol. The van der Waals surface area contributed by atoms with Crippen molar-refractivity contribution in [3.05, 3.63) is 54.0 Å². The number of nitrogens with zero attached hydrogens (tertiary/aromatic N) is 1. The molecule has 1 aromatic heterocycles. The minimum absolute atomic E-state index is 0.00520. The maximum absolute atomic E-state index is 11.9. The van der Waals surface area contributed by atoms with E-state index in [9.17, 15) is 4.79 Å². The van der Waals surface area contributed by atoms with Gasteiger partial charge in [-0.15, -0.1) is 0 Å². The summed E-state index contributed by atoms with van der Waals surface area (Å²) in [5.41, 5.74) is 1.20. The number of amides is 2. The molecule has 2 rings (SSSR count). The van der Waals surface area contributed by atoms with Crippen LogP contribution < -0.4 is 15.4 Å². The third kappa shape index (κ3) is 6.51. The Labute approximate surface area is 149 Å². The minimum atomic E-state index is -0.186. The van der Waals surface area contributed by atoms with Crippen molar-refractivity contribution in [3.63, 3.8) is 0 Å². The predicted octanol–water partition coefficient (Wildman–Crippen LogP) is 2.96. The lowest BCUT2D eigenvalue weighted by molar-refractivity contribution is 0.224. The Morgan fingerprint density at radius 1 is 1.20 bits per heavy atom. The number of furan rings is 1. The average molecular weight is 345 g/mol. The molecule has 1 aromatic carbocycles. The van der Waals surface area contributed by atoms with Crippen molar-refractivity contribution in [1.29, 1.82) is 0 Å². The SMILES string of the molecule is Cc1ccc(OCCCNC(=O)NC[C@@H](c2ccco2)N(C)C)cc1. The van der Waals surface area contributed by atoms with Crippen molar-refractivity contribution in [2.45, 2.75) is 19.4 Å². The number of ether oxygens (including phenoxy) is 1. The highest BCUT2D eigenvalue weighted by Crippen LogP contribution is 2.17. The molecule has 2 amide bonds. The number of aryl methyl sites for hydroxylation is 1. The number of carbonyl (C=O) groups excluding carboxylic acids is 1. The second-order valence-corrected chi connectivity index (χ2v) is 6.15. The molecule has 2 N–H and O–H groups in total. The molecule has 0 bridgehead atoms. The number of benzene rings is 1. The molecule has 25 heavy (non-hydrogen) atoms. The van der Waals surface area contributed by atoms with Crippen LogP contribution in [0.2, 0.25) is 0 Å². The van der Waals surface area contributed by atoms with Crippen LogP contribution in [0.25, 0.3) is 0 Å². The van der Waals surface area contributed by atoms with E-state index in [4.69, 9.17) is 9.15 Å². The molecule has 136 valence electrons. The van der Waals surface area contributed by atoms with E-state index in [1.807, 2.05) is 62.3 Å². The van der Waals surface area contributed by atoms with Crippen molar-refractivity contribution < 1.29 is 13.9 Å². The molecule has 2 aromatic rings. The van der Waals surface area contributed by atoms with Gasteiger partial charge < -0.3 is 19.8 Å². The van der Waals surface area contributed by atoms with Crippen molar-refractivity contribution in [3.8, 4) is 5.75 Å². The van der Waals surface area contributed by atoms with Crippen molar-refractivity contribution in [2.24, 2.45) is 0 Å². The largest absolute Gasteiger partial charge is 0.494 e. The minimum Gasteiger partial charge on any atom is -0.494 e. The summed E-state index contributed by atoms with van der Waals surface area (Å²) in [7, 11) is 3.91. The number of likely N-dealkylation sites (N-methyl/N-ethyl adjacent to an activating group) is 1. The standard InChI is InChI=1S/C19H27N3O3/c1-15-7-9-16(10-8-15)24-13-5-11-20-19(23)21-14-17(22(2)3)18-6-4-12-25-18/h4,6-10,12,17H,5,11,13-14H2,1-3H3,(H2,20,21,23)/t17-/m0/s1. The Morgan fingerprint density at radius 2 is 1.96 bits per heavy atom. The molecule has 6 nitrogen and oxygen atoms in total. The second kappa shape index (κ2) is 9.74. The summed E-state index contributed by atoms with van der Waals surface area (Å²) >= 11 is 0. The van der Waals surface area contributed by atoms with Gasteiger partial charge in [0.2, 0.25) is 0 Å². The van der Waals surface area contributed by atoms with Gasteiger partial charge in [-0.3, -0.25) is 4.90 Å². The second-order valence-electron chi connectivity index (χ2n) is 6.15. The highest BCUT2D eigenvalue weighted by atomic mass is 16.5. The van der Waals surface area contributed by atoms with E-state index in [2.05, 4.69) is 10.6 Å². The normalized spacial score (nSPS) is 12.0. The van der Waals surface area contributed by atoms with E-state index < -0.39 is 0 Å². The van der Waals surface area contributed by atoms with Gasteiger partial charge in [0.25, 0.3) is 0 Å². The quantitative estimate of drug-likeness (QED) is 0.686. The number of hydrogen-bond donors (Lipinski definition) is 2. The van der Waals surface area contributed by atoms with E-state index in [0.717, 1.165) is 17.9 Å². The zero-order chi connectivity index (χ0) is 18.1. The first-order valence-corrected chi connectivity index (χ1v) is 8.47. The first kappa shape index (κ1) is 18.9. The number of carbonyl (C=O) groups is 1. The van der Waals surface area contributed by atoms with Crippen LogP contribution in [0.15, 0.2) is 47.1 Å². The maximum atomic E-state index is 11.9. The van der Waals surface area contributed by atoms with E-state index in [1.54, 1.807) is 6.26 Å². The van der Waals surface area contributed by atoms with Gasteiger partial charge in [-0.25, -0.2) is 4.79 Å². The van der Waals surface area contributed by atoms with Crippen LogP contribution >= 0.6 is 0 Å². The van der Waals surface area contributed by atoms with E-state index in [1.165, 1.54) is 5.56 Å². The molecule has 0 saturated heterocycles. The molecule has 1 heterocycles. The van der Waals surface area contributed by atoms with E-state index in [-0.39, 0.29) is 12.1 Å². The Kier molecular flexibility index (Phi) is 7.35. The zero-order valence-corrected chi connectivity index (χ0v) is 15.1. The Hall–Kier alpha value is -2.47. The highest BCUT2D eigenvalue weighted by molar-refractivity contribution is 5.73. The van der Waals surface area contributed by atoms with Crippen LogP contribution in [0.1, 0.15) is 23.8 Å². The summed E-state index contributed by atoms with van der Waals surface area (Å²) in [6.45, 7) is 3.65. The number of hydrogen-bond acceptors (Lipinski definition) is 4. The summed E-state index contributed by atoms with van der Waals surface area (Å²) < 4.78 is 11.1. The van der Waals surface area contributed by atoms with Crippen molar-refractivity contribution >= 4 is 6.03 Å². The zero-order valence-electron chi connectivity index (χ0n) is 15.1. The molecule has 0 radical (unpaired) electrons. The first-order valence-electron chi connectivity index (χ1n) is 8.47. The predicted molar refractivity (Wildman–Crippen MR) is 97.8 cm³/mol. The molecule has 6 heteroatoms. The molecule has 0 fully saturated rings. The third-order valence-electron chi connectivity index (χ3n) is 3.85. The first-order chi connectivity index (χ1) is 12.1. The monoisotopic (exact) mass is 345 g/mol. The molecule has 0 spiro atoms. The lowest BCUT2D eigenvalue weighted by Gasteiger charge is -2.22. The molecule has 0 aliphatic heterocycles. The molecule has 0 aliphatic carbocycles. The summed E-state index contributed by atoms with van der Waals surface area (Å²) in [4.78, 5) is 13.9. The third-order valence-corrected chi connectivity index (χ3v) is 3.85.